The van der Waals surface area contributed by atoms with Gasteiger partial charge in [-0.05, 0) is 12.1 Å². The summed E-state index contributed by atoms with van der Waals surface area (Å²) in [5.74, 6) is 0. The van der Waals surface area contributed by atoms with Gasteiger partial charge in [0.25, 0.3) is 0 Å². The zero-order valence-corrected chi connectivity index (χ0v) is 9.13. The maximum absolute atomic E-state index is 10.7. The molecule has 2 rings (SSSR count). The van der Waals surface area contributed by atoms with Crippen molar-refractivity contribution < 1.29 is 4.42 Å². The summed E-state index contributed by atoms with van der Waals surface area (Å²) in [5, 5.41) is 0.951. The smallest absolute Gasteiger partial charge is 0.336 e. The molecule has 3 heteroatoms. The summed E-state index contributed by atoms with van der Waals surface area (Å²) >= 11 is 0. The van der Waals surface area contributed by atoms with Crippen LogP contribution in [0.5, 0.6) is 0 Å². The van der Waals surface area contributed by atoms with Crippen molar-refractivity contribution in [2.24, 2.45) is 0 Å². The second-order valence-corrected chi connectivity index (χ2v) is 2.29. The maximum Gasteiger partial charge on any atom is 0.336 e. The van der Waals surface area contributed by atoms with E-state index in [9.17, 15) is 4.79 Å². The molecule has 0 aliphatic carbocycles. The molecule has 1 heterocycles. The van der Waals surface area contributed by atoms with Crippen molar-refractivity contribution in [2.45, 2.75) is 0 Å². The average molecular weight is 265 g/mol. The maximum atomic E-state index is 10.7. The Labute approximate surface area is 86.2 Å². The van der Waals surface area contributed by atoms with Gasteiger partial charge >= 0.3 is 5.63 Å². The Bertz CT molecular complexity index is 433. The quantitative estimate of drug-likeness (QED) is 0.532. The Morgan fingerprint density at radius 3 is 2.58 bits per heavy atom. The average Bonchev–Trinajstić information content (AvgIpc) is 2.04. The molecule has 0 fully saturated rings. The van der Waals surface area contributed by atoms with Crippen molar-refractivity contribution in [3.8, 4) is 0 Å². The summed E-state index contributed by atoms with van der Waals surface area (Å²) in [4.78, 5) is 10.7. The summed E-state index contributed by atoms with van der Waals surface area (Å²) in [6.45, 7) is 0. The number of hydrogen-bond acceptors (Lipinski definition) is 2. The summed E-state index contributed by atoms with van der Waals surface area (Å²) in [7, 11) is 0. The van der Waals surface area contributed by atoms with Crippen molar-refractivity contribution in [3.63, 3.8) is 0 Å². The van der Waals surface area contributed by atoms with Crippen molar-refractivity contribution in [1.29, 1.82) is 0 Å². The first-order valence-electron chi connectivity index (χ1n) is 3.35. The minimum Gasteiger partial charge on any atom is -0.423 e. The van der Waals surface area contributed by atoms with Crippen LogP contribution in [-0.4, -0.2) is 23.9 Å². The zero-order valence-electron chi connectivity index (χ0n) is 6.28. The molecule has 0 unspecified atom stereocenters. The van der Waals surface area contributed by atoms with E-state index >= 15 is 0 Å². The molecule has 0 N–H and O–H groups in total. The van der Waals surface area contributed by atoms with E-state index in [0.717, 1.165) is 5.39 Å². The Balaban J connectivity index is 0.000000720. The number of hydrogen-bond donors (Lipinski definition) is 0. The summed E-state index contributed by atoms with van der Waals surface area (Å²) < 4.78 is 4.91. The molecule has 2 aromatic rings. The molecule has 0 aliphatic rings. The number of benzene rings is 1. The van der Waals surface area contributed by atoms with Crippen molar-refractivity contribution in [1.82, 2.24) is 0 Å². The molecule has 0 saturated heterocycles. The predicted octanol–water partition coefficient (Wildman–Crippen LogP) is 1.41. The molecule has 58 valence electrons. The molecule has 0 atom stereocenters. The van der Waals surface area contributed by atoms with Crippen LogP contribution >= 0.6 is 0 Å². The second kappa shape index (κ2) is 3.76. The molecule has 2 nitrogen and oxygen atoms in total. The van der Waals surface area contributed by atoms with Gasteiger partial charge in [-0.25, -0.2) is 4.79 Å². The minimum atomic E-state index is -0.302. The standard InChI is InChI=1S/C9H6O2.Sn/c10-9-6-5-7-3-1-2-4-8(7)11-9;/h1-6H;. The Kier molecular flexibility index (Phi) is 2.92. The molecular weight excluding hydrogens is 259 g/mol. The van der Waals surface area contributed by atoms with Gasteiger partial charge in [0.2, 0.25) is 0 Å². The first-order valence-corrected chi connectivity index (χ1v) is 3.35. The van der Waals surface area contributed by atoms with E-state index < -0.39 is 0 Å². The van der Waals surface area contributed by atoms with Gasteiger partial charge < -0.3 is 4.42 Å². The monoisotopic (exact) mass is 266 g/mol. The third-order valence-corrected chi connectivity index (χ3v) is 1.53. The van der Waals surface area contributed by atoms with Crippen molar-refractivity contribution in [3.05, 3.63) is 46.8 Å². The van der Waals surface area contributed by atoms with E-state index in [0.29, 0.717) is 5.58 Å². The molecular formula is C9H6O2Sn. The number of fused-ring (bicyclic) bond motifs is 1. The van der Waals surface area contributed by atoms with Gasteiger partial charge in [0.05, 0.1) is 0 Å². The van der Waals surface area contributed by atoms with Crippen molar-refractivity contribution >= 4 is 34.9 Å². The van der Waals surface area contributed by atoms with Gasteiger partial charge in [0.1, 0.15) is 5.58 Å². The van der Waals surface area contributed by atoms with Gasteiger partial charge in [-0.15, -0.1) is 0 Å². The predicted molar refractivity (Wildman–Crippen MR) is 48.2 cm³/mol. The normalized spacial score (nSPS) is 9.33. The van der Waals surface area contributed by atoms with Crippen LogP contribution in [0.15, 0.2) is 45.6 Å². The van der Waals surface area contributed by atoms with Crippen LogP contribution in [0.3, 0.4) is 0 Å². The van der Waals surface area contributed by atoms with Crippen molar-refractivity contribution in [2.75, 3.05) is 0 Å². The van der Waals surface area contributed by atoms with Gasteiger partial charge in [-0.1, -0.05) is 18.2 Å². The van der Waals surface area contributed by atoms with E-state index in [2.05, 4.69) is 0 Å². The topological polar surface area (TPSA) is 30.2 Å². The van der Waals surface area contributed by atoms with Crippen LogP contribution < -0.4 is 5.63 Å². The number of rotatable bonds is 0. The first-order chi connectivity index (χ1) is 5.36. The summed E-state index contributed by atoms with van der Waals surface area (Å²) in [6.07, 6.45) is 0. The largest absolute Gasteiger partial charge is 0.423 e. The van der Waals surface area contributed by atoms with Crippen LogP contribution in [0.4, 0.5) is 0 Å². The fraction of sp³-hybridized carbons (Fsp3) is 0. The molecule has 0 saturated carbocycles. The van der Waals surface area contributed by atoms with Crippen LogP contribution in [0.1, 0.15) is 0 Å². The molecule has 0 amide bonds. The molecule has 1 aromatic heterocycles. The Morgan fingerprint density at radius 2 is 1.75 bits per heavy atom. The molecule has 0 aliphatic heterocycles. The number of para-hydroxylation sites is 1. The van der Waals surface area contributed by atoms with E-state index in [-0.39, 0.29) is 29.5 Å². The SMILES string of the molecule is O=c1ccc2ccccc2o1.[Sn]. The fourth-order valence-corrected chi connectivity index (χ4v) is 1.01. The fourth-order valence-electron chi connectivity index (χ4n) is 1.01. The molecule has 1 aromatic carbocycles. The van der Waals surface area contributed by atoms with Gasteiger partial charge in [0.15, 0.2) is 0 Å². The zero-order chi connectivity index (χ0) is 7.68. The molecule has 4 radical (unpaired) electrons. The van der Waals surface area contributed by atoms with E-state index in [1.807, 2.05) is 18.2 Å². The Hall–Kier alpha value is -0.771. The molecule has 12 heavy (non-hydrogen) atoms. The van der Waals surface area contributed by atoms with Crippen LogP contribution in [0, 0.1) is 0 Å². The van der Waals surface area contributed by atoms with Crippen LogP contribution in [0.25, 0.3) is 11.0 Å². The Morgan fingerprint density at radius 1 is 1.00 bits per heavy atom. The van der Waals surface area contributed by atoms with E-state index in [1.54, 1.807) is 12.1 Å². The minimum absolute atomic E-state index is 0. The van der Waals surface area contributed by atoms with Gasteiger partial charge in [-0.2, -0.15) is 0 Å². The first kappa shape index (κ1) is 9.32. The molecule has 0 bridgehead atoms. The molecule has 0 spiro atoms. The second-order valence-electron chi connectivity index (χ2n) is 2.29. The van der Waals surface area contributed by atoms with Gasteiger partial charge in [0, 0.05) is 35.4 Å². The van der Waals surface area contributed by atoms with Crippen LogP contribution in [-0.2, 0) is 0 Å². The van der Waals surface area contributed by atoms with Gasteiger partial charge in [-0.3, -0.25) is 0 Å². The van der Waals surface area contributed by atoms with E-state index in [4.69, 9.17) is 4.42 Å². The third-order valence-electron chi connectivity index (χ3n) is 1.53. The van der Waals surface area contributed by atoms with Crippen LogP contribution in [0.2, 0.25) is 0 Å². The summed E-state index contributed by atoms with van der Waals surface area (Å²) in [6, 6.07) is 10.6. The summed E-state index contributed by atoms with van der Waals surface area (Å²) in [5.41, 5.74) is 0.337. The van der Waals surface area contributed by atoms with E-state index in [1.165, 1.54) is 6.07 Å². The third kappa shape index (κ3) is 1.69.